The van der Waals surface area contributed by atoms with Crippen LogP contribution in [0.4, 0.5) is 10.1 Å². The molecule has 1 N–H and O–H groups in total. The third-order valence-corrected chi connectivity index (χ3v) is 2.95. The topological polar surface area (TPSA) is 29.9 Å². The summed E-state index contributed by atoms with van der Waals surface area (Å²) in [5, 5.41) is 7.55. The van der Waals surface area contributed by atoms with Gasteiger partial charge in [0.05, 0.1) is 5.69 Å². The number of hydrogen-bond acceptors (Lipinski definition) is 2. The predicted octanol–water partition coefficient (Wildman–Crippen LogP) is 2.79. The smallest absolute Gasteiger partial charge is 0.125 e. The van der Waals surface area contributed by atoms with E-state index in [1.54, 1.807) is 6.07 Å². The van der Waals surface area contributed by atoms with Crippen LogP contribution in [0.1, 0.15) is 17.0 Å². The molecule has 0 spiro atoms. The molecule has 0 atom stereocenters. The maximum atomic E-state index is 13.0. The fourth-order valence-electron chi connectivity index (χ4n) is 1.86. The maximum Gasteiger partial charge on any atom is 0.125 e. The van der Waals surface area contributed by atoms with Gasteiger partial charge in [0.1, 0.15) is 5.82 Å². The molecule has 0 saturated carbocycles. The van der Waals surface area contributed by atoms with E-state index in [1.807, 2.05) is 31.6 Å². The highest BCUT2D eigenvalue weighted by Gasteiger charge is 2.08. The van der Waals surface area contributed by atoms with Crippen LogP contribution < -0.4 is 5.32 Å². The molecule has 0 aliphatic heterocycles. The second kappa shape index (κ2) is 4.57. The Morgan fingerprint density at radius 2 is 2.12 bits per heavy atom. The lowest BCUT2D eigenvalue weighted by molar-refractivity contribution is 0.628. The molecule has 4 heteroatoms. The molecule has 3 nitrogen and oxygen atoms in total. The standard InChI is InChI=1S/C13H16FN3/c1-9-13(10(2)17(3)16-9)8-15-12-6-4-5-11(14)7-12/h4-7,15H,8H2,1-3H3. The van der Waals surface area contributed by atoms with Gasteiger partial charge in [0, 0.05) is 30.5 Å². The number of aryl methyl sites for hydroxylation is 2. The number of nitrogens with zero attached hydrogens (tertiary/aromatic N) is 2. The Kier molecular flexibility index (Phi) is 3.13. The summed E-state index contributed by atoms with van der Waals surface area (Å²) in [6, 6.07) is 6.47. The molecule has 17 heavy (non-hydrogen) atoms. The van der Waals surface area contributed by atoms with Crippen molar-refractivity contribution in [3.05, 3.63) is 47.0 Å². The minimum Gasteiger partial charge on any atom is -0.381 e. The van der Waals surface area contributed by atoms with Crippen molar-refractivity contribution in [3.8, 4) is 0 Å². The molecule has 1 aromatic heterocycles. The zero-order valence-electron chi connectivity index (χ0n) is 10.3. The van der Waals surface area contributed by atoms with E-state index in [0.717, 1.165) is 22.6 Å². The number of nitrogens with one attached hydrogen (secondary N) is 1. The fraction of sp³-hybridized carbons (Fsp3) is 0.308. The first-order chi connectivity index (χ1) is 8.08. The average molecular weight is 233 g/mol. The highest BCUT2D eigenvalue weighted by atomic mass is 19.1. The lowest BCUT2D eigenvalue weighted by Gasteiger charge is -2.06. The van der Waals surface area contributed by atoms with E-state index in [-0.39, 0.29) is 5.82 Å². The molecule has 0 unspecified atom stereocenters. The summed E-state index contributed by atoms with van der Waals surface area (Å²) in [7, 11) is 1.92. The first-order valence-corrected chi connectivity index (χ1v) is 5.56. The highest BCUT2D eigenvalue weighted by Crippen LogP contribution is 2.15. The average Bonchev–Trinajstić information content (AvgIpc) is 2.51. The van der Waals surface area contributed by atoms with Crippen molar-refractivity contribution in [2.45, 2.75) is 20.4 Å². The van der Waals surface area contributed by atoms with Crippen LogP contribution in [-0.2, 0) is 13.6 Å². The van der Waals surface area contributed by atoms with Gasteiger partial charge in [-0.3, -0.25) is 4.68 Å². The Hall–Kier alpha value is -1.84. The van der Waals surface area contributed by atoms with E-state index in [0.29, 0.717) is 6.54 Å². The molecular formula is C13H16FN3. The second-order valence-corrected chi connectivity index (χ2v) is 4.14. The molecule has 0 aliphatic carbocycles. The molecule has 1 aromatic carbocycles. The third kappa shape index (κ3) is 2.46. The van der Waals surface area contributed by atoms with Crippen LogP contribution in [-0.4, -0.2) is 9.78 Å². The van der Waals surface area contributed by atoms with Gasteiger partial charge >= 0.3 is 0 Å². The van der Waals surface area contributed by atoms with Crippen molar-refractivity contribution >= 4 is 5.69 Å². The molecule has 0 fully saturated rings. The SMILES string of the molecule is Cc1nn(C)c(C)c1CNc1cccc(F)c1. The van der Waals surface area contributed by atoms with E-state index in [9.17, 15) is 4.39 Å². The normalized spacial score (nSPS) is 10.6. The number of benzene rings is 1. The van der Waals surface area contributed by atoms with Gasteiger partial charge in [-0.1, -0.05) is 6.07 Å². The molecule has 0 radical (unpaired) electrons. The first kappa shape index (κ1) is 11.6. The monoisotopic (exact) mass is 233 g/mol. The Labute approximate surface area is 100 Å². The number of aromatic nitrogens is 2. The Bertz CT molecular complexity index is 531. The fourth-order valence-corrected chi connectivity index (χ4v) is 1.86. The lowest BCUT2D eigenvalue weighted by atomic mass is 10.2. The van der Waals surface area contributed by atoms with Gasteiger partial charge in [-0.2, -0.15) is 5.10 Å². The molecule has 2 rings (SSSR count). The lowest BCUT2D eigenvalue weighted by Crippen LogP contribution is -2.02. The highest BCUT2D eigenvalue weighted by molar-refractivity contribution is 5.44. The summed E-state index contributed by atoms with van der Waals surface area (Å²) < 4.78 is 14.9. The molecule has 0 saturated heterocycles. The quantitative estimate of drug-likeness (QED) is 0.883. The minimum atomic E-state index is -0.227. The van der Waals surface area contributed by atoms with Crippen molar-refractivity contribution in [2.24, 2.45) is 7.05 Å². The molecular weight excluding hydrogens is 217 g/mol. The van der Waals surface area contributed by atoms with Gasteiger partial charge in [-0.15, -0.1) is 0 Å². The van der Waals surface area contributed by atoms with Crippen molar-refractivity contribution in [1.29, 1.82) is 0 Å². The predicted molar refractivity (Wildman–Crippen MR) is 66.4 cm³/mol. The van der Waals surface area contributed by atoms with Gasteiger partial charge in [0.15, 0.2) is 0 Å². The van der Waals surface area contributed by atoms with Crippen molar-refractivity contribution in [1.82, 2.24) is 9.78 Å². The number of anilines is 1. The summed E-state index contributed by atoms with van der Waals surface area (Å²) in [5.41, 5.74) is 4.09. The zero-order valence-corrected chi connectivity index (χ0v) is 10.3. The van der Waals surface area contributed by atoms with Crippen LogP contribution >= 0.6 is 0 Å². The van der Waals surface area contributed by atoms with Crippen LogP contribution in [0.3, 0.4) is 0 Å². The molecule has 0 amide bonds. The van der Waals surface area contributed by atoms with Crippen LogP contribution in [0.2, 0.25) is 0 Å². The van der Waals surface area contributed by atoms with Crippen LogP contribution in [0, 0.1) is 19.7 Å². The second-order valence-electron chi connectivity index (χ2n) is 4.14. The maximum absolute atomic E-state index is 13.0. The summed E-state index contributed by atoms with van der Waals surface area (Å²) in [6.07, 6.45) is 0. The molecule has 0 bridgehead atoms. The number of halogens is 1. The Balaban J connectivity index is 2.12. The summed E-state index contributed by atoms with van der Waals surface area (Å²) >= 11 is 0. The van der Waals surface area contributed by atoms with Crippen molar-refractivity contribution in [2.75, 3.05) is 5.32 Å². The van der Waals surface area contributed by atoms with E-state index < -0.39 is 0 Å². The van der Waals surface area contributed by atoms with Gasteiger partial charge in [-0.05, 0) is 32.0 Å². The molecule has 1 heterocycles. The summed E-state index contributed by atoms with van der Waals surface area (Å²) in [4.78, 5) is 0. The van der Waals surface area contributed by atoms with Crippen LogP contribution in [0.15, 0.2) is 24.3 Å². The number of hydrogen-bond donors (Lipinski definition) is 1. The molecule has 2 aromatic rings. The summed E-state index contributed by atoms with van der Waals surface area (Å²) in [6.45, 7) is 4.67. The zero-order chi connectivity index (χ0) is 12.4. The van der Waals surface area contributed by atoms with Crippen molar-refractivity contribution < 1.29 is 4.39 Å². The van der Waals surface area contributed by atoms with Gasteiger partial charge in [0.25, 0.3) is 0 Å². The van der Waals surface area contributed by atoms with Crippen LogP contribution in [0.25, 0.3) is 0 Å². The van der Waals surface area contributed by atoms with E-state index in [2.05, 4.69) is 10.4 Å². The Morgan fingerprint density at radius 1 is 1.35 bits per heavy atom. The van der Waals surface area contributed by atoms with E-state index in [1.165, 1.54) is 12.1 Å². The molecule has 90 valence electrons. The van der Waals surface area contributed by atoms with Crippen molar-refractivity contribution in [3.63, 3.8) is 0 Å². The van der Waals surface area contributed by atoms with Crippen LogP contribution in [0.5, 0.6) is 0 Å². The van der Waals surface area contributed by atoms with Gasteiger partial charge < -0.3 is 5.32 Å². The minimum absolute atomic E-state index is 0.227. The summed E-state index contributed by atoms with van der Waals surface area (Å²) in [5.74, 6) is -0.227. The van der Waals surface area contributed by atoms with E-state index >= 15 is 0 Å². The number of rotatable bonds is 3. The Morgan fingerprint density at radius 3 is 2.71 bits per heavy atom. The largest absolute Gasteiger partial charge is 0.381 e. The first-order valence-electron chi connectivity index (χ1n) is 5.56. The van der Waals surface area contributed by atoms with Gasteiger partial charge in [0.2, 0.25) is 0 Å². The third-order valence-electron chi connectivity index (χ3n) is 2.95. The van der Waals surface area contributed by atoms with Gasteiger partial charge in [-0.25, -0.2) is 4.39 Å². The molecule has 0 aliphatic rings. The van der Waals surface area contributed by atoms with E-state index in [4.69, 9.17) is 0 Å².